The van der Waals surface area contributed by atoms with E-state index < -0.39 is 6.04 Å². The summed E-state index contributed by atoms with van der Waals surface area (Å²) in [5.74, 6) is -0.526. The van der Waals surface area contributed by atoms with Crippen LogP contribution in [-0.4, -0.2) is 24.5 Å². The van der Waals surface area contributed by atoms with E-state index >= 15 is 0 Å². The molecule has 1 fully saturated rings. The average molecular weight is 247 g/mol. The molecule has 0 radical (unpaired) electrons. The first-order valence-electron chi connectivity index (χ1n) is 5.81. The molecule has 1 aliphatic heterocycles. The lowest BCUT2D eigenvalue weighted by Crippen LogP contribution is -2.59. The molecule has 5 heteroatoms. The summed E-state index contributed by atoms with van der Waals surface area (Å²) in [6, 6.07) is 7.53. The summed E-state index contributed by atoms with van der Waals surface area (Å²) < 4.78 is 13.2. The summed E-state index contributed by atoms with van der Waals surface area (Å²) in [6.45, 7) is 2.45. The molecule has 0 aromatic heterocycles. The number of rotatable bonds is 2. The van der Waals surface area contributed by atoms with Gasteiger partial charge in [0.2, 0.25) is 5.91 Å². The van der Waals surface area contributed by atoms with E-state index in [9.17, 15) is 9.18 Å². The van der Waals surface area contributed by atoms with Gasteiger partial charge in [-0.25, -0.2) is 4.39 Å². The number of benzene rings is 1. The monoisotopic (exact) mass is 247 g/mol. The maximum atomic E-state index is 13.2. The Balaban J connectivity index is 2.32. The minimum atomic E-state index is -0.548. The highest BCUT2D eigenvalue weighted by atomic mass is 19.1. The van der Waals surface area contributed by atoms with Gasteiger partial charge in [0, 0.05) is 18.3 Å². The number of hydrogen-bond donors (Lipinski definition) is 1. The Morgan fingerprint density at radius 2 is 2.39 bits per heavy atom. The molecule has 2 unspecified atom stereocenters. The van der Waals surface area contributed by atoms with Gasteiger partial charge >= 0.3 is 0 Å². The highest BCUT2D eigenvalue weighted by molar-refractivity contribution is 5.87. The molecule has 0 aliphatic carbocycles. The van der Waals surface area contributed by atoms with Crippen LogP contribution in [0.5, 0.6) is 0 Å². The van der Waals surface area contributed by atoms with Crippen LogP contribution in [0.2, 0.25) is 0 Å². The molecule has 18 heavy (non-hydrogen) atoms. The standard InChI is InChI=1S/C13H14FN3O/c1-9-8-17(11-4-2-3-10(14)7-11)12(5-6-15)13(18)16-9/h2-4,7,9,12H,5,8H2,1H3,(H,16,18). The van der Waals surface area contributed by atoms with Crippen LogP contribution >= 0.6 is 0 Å². The summed E-state index contributed by atoms with van der Waals surface area (Å²) in [5, 5.41) is 11.6. The van der Waals surface area contributed by atoms with Gasteiger partial charge in [-0.1, -0.05) is 6.07 Å². The third-order valence-electron chi connectivity index (χ3n) is 2.96. The van der Waals surface area contributed by atoms with E-state index in [1.54, 1.807) is 17.0 Å². The number of nitrogens with zero attached hydrogens (tertiary/aromatic N) is 2. The van der Waals surface area contributed by atoms with Crippen molar-refractivity contribution >= 4 is 11.6 Å². The first-order chi connectivity index (χ1) is 8.61. The second-order valence-electron chi connectivity index (χ2n) is 4.42. The molecule has 1 N–H and O–H groups in total. The molecule has 4 nitrogen and oxygen atoms in total. The average Bonchev–Trinajstić information content (AvgIpc) is 2.32. The smallest absolute Gasteiger partial charge is 0.244 e. The summed E-state index contributed by atoms with van der Waals surface area (Å²) in [7, 11) is 0. The third kappa shape index (κ3) is 2.43. The van der Waals surface area contributed by atoms with Crippen molar-refractivity contribution in [3.05, 3.63) is 30.1 Å². The summed E-state index contributed by atoms with van der Waals surface area (Å²) in [4.78, 5) is 13.7. The van der Waals surface area contributed by atoms with Crippen LogP contribution in [0.25, 0.3) is 0 Å². The highest BCUT2D eigenvalue weighted by Gasteiger charge is 2.32. The second-order valence-corrected chi connectivity index (χ2v) is 4.42. The number of amides is 1. The van der Waals surface area contributed by atoms with Crippen molar-refractivity contribution in [2.45, 2.75) is 25.4 Å². The van der Waals surface area contributed by atoms with E-state index in [0.29, 0.717) is 12.2 Å². The molecule has 1 heterocycles. The van der Waals surface area contributed by atoms with Gasteiger partial charge in [-0.2, -0.15) is 5.26 Å². The minimum Gasteiger partial charge on any atom is -0.357 e. The summed E-state index contributed by atoms with van der Waals surface area (Å²) >= 11 is 0. The summed E-state index contributed by atoms with van der Waals surface area (Å²) in [5.41, 5.74) is 0.636. The lowest BCUT2D eigenvalue weighted by molar-refractivity contribution is -0.124. The normalized spacial score (nSPS) is 23.4. The third-order valence-corrected chi connectivity index (χ3v) is 2.96. The largest absolute Gasteiger partial charge is 0.357 e. The summed E-state index contributed by atoms with van der Waals surface area (Å²) in [6.07, 6.45) is 0.0923. The number of piperazine rings is 1. The predicted molar refractivity (Wildman–Crippen MR) is 65.4 cm³/mol. The fourth-order valence-electron chi connectivity index (χ4n) is 2.18. The van der Waals surface area contributed by atoms with Crippen molar-refractivity contribution in [2.24, 2.45) is 0 Å². The molecule has 1 aliphatic rings. The molecule has 0 saturated carbocycles. The van der Waals surface area contributed by atoms with Crippen molar-refractivity contribution in [1.29, 1.82) is 5.26 Å². The number of carbonyl (C=O) groups excluding carboxylic acids is 1. The number of carbonyl (C=O) groups is 1. The van der Waals surface area contributed by atoms with Crippen molar-refractivity contribution in [3.8, 4) is 6.07 Å². The van der Waals surface area contributed by atoms with Crippen LogP contribution in [0, 0.1) is 17.1 Å². The lowest BCUT2D eigenvalue weighted by atomic mass is 10.1. The van der Waals surface area contributed by atoms with E-state index in [1.807, 2.05) is 13.0 Å². The van der Waals surface area contributed by atoms with Crippen LogP contribution < -0.4 is 10.2 Å². The fourth-order valence-corrected chi connectivity index (χ4v) is 2.18. The van der Waals surface area contributed by atoms with E-state index in [1.165, 1.54) is 12.1 Å². The maximum absolute atomic E-state index is 13.2. The van der Waals surface area contributed by atoms with Crippen LogP contribution in [-0.2, 0) is 4.79 Å². The van der Waals surface area contributed by atoms with Gasteiger partial charge in [0.15, 0.2) is 0 Å². The predicted octanol–water partition coefficient (Wildman–Crippen LogP) is 1.43. The Hall–Kier alpha value is -2.09. The number of halogens is 1. The zero-order valence-corrected chi connectivity index (χ0v) is 10.1. The van der Waals surface area contributed by atoms with Gasteiger partial charge in [-0.05, 0) is 25.1 Å². The number of nitriles is 1. The molecule has 0 bridgehead atoms. The first kappa shape index (κ1) is 12.4. The highest BCUT2D eigenvalue weighted by Crippen LogP contribution is 2.22. The quantitative estimate of drug-likeness (QED) is 0.860. The lowest BCUT2D eigenvalue weighted by Gasteiger charge is -2.38. The molecule has 0 spiro atoms. The molecular weight excluding hydrogens is 233 g/mol. The molecule has 94 valence electrons. The zero-order valence-electron chi connectivity index (χ0n) is 10.1. The van der Waals surface area contributed by atoms with E-state index in [0.717, 1.165) is 0 Å². The Kier molecular flexibility index (Phi) is 3.47. The minimum absolute atomic E-state index is 0.0179. The SMILES string of the molecule is CC1CN(c2cccc(F)c2)C(CC#N)C(=O)N1. The van der Waals surface area contributed by atoms with Crippen molar-refractivity contribution in [2.75, 3.05) is 11.4 Å². The fraction of sp³-hybridized carbons (Fsp3) is 0.385. The van der Waals surface area contributed by atoms with Crippen molar-refractivity contribution in [1.82, 2.24) is 5.32 Å². The topological polar surface area (TPSA) is 56.1 Å². The molecular formula is C13H14FN3O. The van der Waals surface area contributed by atoms with Gasteiger partial charge in [0.25, 0.3) is 0 Å². The Morgan fingerprint density at radius 3 is 3.06 bits per heavy atom. The Labute approximate surface area is 105 Å². The maximum Gasteiger partial charge on any atom is 0.244 e. The van der Waals surface area contributed by atoms with Crippen molar-refractivity contribution < 1.29 is 9.18 Å². The number of anilines is 1. The van der Waals surface area contributed by atoms with E-state index in [-0.39, 0.29) is 24.2 Å². The molecule has 1 saturated heterocycles. The first-order valence-corrected chi connectivity index (χ1v) is 5.81. The van der Waals surface area contributed by atoms with Gasteiger partial charge in [0.05, 0.1) is 12.5 Å². The Bertz CT molecular complexity index is 497. The molecule has 1 aromatic carbocycles. The van der Waals surface area contributed by atoms with E-state index in [4.69, 9.17) is 5.26 Å². The second kappa shape index (κ2) is 5.05. The molecule has 2 rings (SSSR count). The zero-order chi connectivity index (χ0) is 13.1. The van der Waals surface area contributed by atoms with Crippen molar-refractivity contribution in [3.63, 3.8) is 0 Å². The van der Waals surface area contributed by atoms with Crippen LogP contribution in [0.4, 0.5) is 10.1 Å². The molecule has 1 amide bonds. The Morgan fingerprint density at radius 1 is 1.61 bits per heavy atom. The number of nitrogens with one attached hydrogen (secondary N) is 1. The van der Waals surface area contributed by atoms with Crippen LogP contribution in [0.1, 0.15) is 13.3 Å². The van der Waals surface area contributed by atoms with Crippen LogP contribution in [0.15, 0.2) is 24.3 Å². The van der Waals surface area contributed by atoms with E-state index in [2.05, 4.69) is 5.32 Å². The van der Waals surface area contributed by atoms with Gasteiger partial charge in [-0.15, -0.1) is 0 Å². The van der Waals surface area contributed by atoms with Gasteiger partial charge < -0.3 is 10.2 Å². The van der Waals surface area contributed by atoms with Crippen LogP contribution in [0.3, 0.4) is 0 Å². The molecule has 2 atom stereocenters. The van der Waals surface area contributed by atoms with Gasteiger partial charge in [0.1, 0.15) is 11.9 Å². The number of hydrogen-bond acceptors (Lipinski definition) is 3. The van der Waals surface area contributed by atoms with Gasteiger partial charge in [-0.3, -0.25) is 4.79 Å². The molecule has 1 aromatic rings.